The molecule has 3 aromatic carbocycles. The highest BCUT2D eigenvalue weighted by Crippen LogP contribution is 2.23. The largest absolute Gasteiger partial charge is 0.282 e. The fourth-order valence-electron chi connectivity index (χ4n) is 3.10. The molecule has 3 aromatic rings. The summed E-state index contributed by atoms with van der Waals surface area (Å²) in [5.41, 5.74) is 4.11. The zero-order valence-corrected chi connectivity index (χ0v) is 15.7. The van der Waals surface area contributed by atoms with Gasteiger partial charge < -0.3 is 0 Å². The lowest BCUT2D eigenvalue weighted by Crippen LogP contribution is -2.43. The molecule has 0 heterocycles. The number of hydrogen-bond acceptors (Lipinski definition) is 2. The maximum atomic E-state index is 12.6. The van der Waals surface area contributed by atoms with E-state index in [-0.39, 0.29) is 5.91 Å². The Morgan fingerprint density at radius 3 is 1.89 bits per heavy atom. The number of carbonyl (C=O) groups excluding carboxylic acids is 1. The van der Waals surface area contributed by atoms with E-state index in [0.717, 1.165) is 22.5 Å². The molecule has 136 valence electrons. The molecular weight excluding hydrogens is 332 g/mol. The zero-order valence-electron chi connectivity index (χ0n) is 15.7. The van der Waals surface area contributed by atoms with Crippen LogP contribution in [0, 0.1) is 0 Å². The summed E-state index contributed by atoms with van der Waals surface area (Å²) in [5.74, 6) is -0.0283. The molecule has 0 bridgehead atoms. The normalized spacial score (nSPS) is 11.1. The molecule has 0 aliphatic heterocycles. The number of anilines is 1. The van der Waals surface area contributed by atoms with Crippen LogP contribution in [0.1, 0.15) is 18.1 Å². The molecule has 3 heteroatoms. The van der Waals surface area contributed by atoms with Gasteiger partial charge in [0.2, 0.25) is 5.91 Å². The minimum absolute atomic E-state index is 0.0283. The second-order valence-corrected chi connectivity index (χ2v) is 6.40. The monoisotopic (exact) mass is 356 g/mol. The van der Waals surface area contributed by atoms with E-state index in [2.05, 4.69) is 18.2 Å². The second kappa shape index (κ2) is 8.86. The Hall–Kier alpha value is -3.33. The van der Waals surface area contributed by atoms with Gasteiger partial charge in [0.1, 0.15) is 0 Å². The Labute approximate surface area is 161 Å². The van der Waals surface area contributed by atoms with Crippen molar-refractivity contribution in [3.8, 4) is 0 Å². The Morgan fingerprint density at radius 2 is 1.33 bits per heavy atom. The SMILES string of the molecule is CC(=O)N(C(=Cc1ccccc1)Cc1ccccc1)N(C)c1ccccc1. The van der Waals surface area contributed by atoms with Crippen LogP contribution < -0.4 is 5.01 Å². The van der Waals surface area contributed by atoms with Crippen LogP contribution in [0.2, 0.25) is 0 Å². The van der Waals surface area contributed by atoms with Crippen molar-refractivity contribution in [3.63, 3.8) is 0 Å². The van der Waals surface area contributed by atoms with Crippen LogP contribution in [-0.2, 0) is 11.2 Å². The third-order valence-electron chi connectivity index (χ3n) is 4.36. The van der Waals surface area contributed by atoms with Gasteiger partial charge in [0, 0.05) is 26.1 Å². The highest BCUT2D eigenvalue weighted by molar-refractivity contribution is 5.79. The molecule has 0 fully saturated rings. The van der Waals surface area contributed by atoms with E-state index in [1.807, 2.05) is 90.9 Å². The molecule has 0 spiro atoms. The first kappa shape index (κ1) is 18.5. The van der Waals surface area contributed by atoms with Gasteiger partial charge in [0.05, 0.1) is 5.69 Å². The van der Waals surface area contributed by atoms with Crippen molar-refractivity contribution in [2.75, 3.05) is 12.1 Å². The van der Waals surface area contributed by atoms with E-state index in [4.69, 9.17) is 0 Å². The van der Waals surface area contributed by atoms with Crippen LogP contribution >= 0.6 is 0 Å². The molecule has 0 saturated heterocycles. The van der Waals surface area contributed by atoms with Crippen molar-refractivity contribution in [2.45, 2.75) is 13.3 Å². The number of para-hydroxylation sites is 1. The molecule has 0 N–H and O–H groups in total. The van der Waals surface area contributed by atoms with Crippen molar-refractivity contribution in [1.82, 2.24) is 5.01 Å². The van der Waals surface area contributed by atoms with Gasteiger partial charge in [0.15, 0.2) is 0 Å². The van der Waals surface area contributed by atoms with Crippen molar-refractivity contribution in [3.05, 3.63) is 108 Å². The van der Waals surface area contributed by atoms with Gasteiger partial charge >= 0.3 is 0 Å². The fraction of sp³-hybridized carbons (Fsp3) is 0.125. The van der Waals surface area contributed by atoms with Gasteiger partial charge in [-0.05, 0) is 29.3 Å². The van der Waals surface area contributed by atoms with Crippen molar-refractivity contribution in [1.29, 1.82) is 0 Å². The van der Waals surface area contributed by atoms with E-state index in [9.17, 15) is 4.79 Å². The first-order chi connectivity index (χ1) is 13.1. The summed E-state index contributed by atoms with van der Waals surface area (Å²) >= 11 is 0. The van der Waals surface area contributed by atoms with Gasteiger partial charge in [-0.3, -0.25) is 9.80 Å². The molecule has 0 saturated carbocycles. The molecule has 0 aliphatic rings. The second-order valence-electron chi connectivity index (χ2n) is 6.40. The number of hydrogen-bond donors (Lipinski definition) is 0. The first-order valence-electron chi connectivity index (χ1n) is 9.04. The maximum Gasteiger partial charge on any atom is 0.242 e. The fourth-order valence-corrected chi connectivity index (χ4v) is 3.10. The highest BCUT2D eigenvalue weighted by Gasteiger charge is 2.20. The van der Waals surface area contributed by atoms with E-state index in [1.54, 1.807) is 11.9 Å². The average molecular weight is 356 g/mol. The summed E-state index contributed by atoms with van der Waals surface area (Å²) in [5, 5.41) is 3.65. The number of nitrogens with zero attached hydrogens (tertiary/aromatic N) is 2. The van der Waals surface area contributed by atoms with Gasteiger partial charge in [-0.2, -0.15) is 0 Å². The molecule has 3 rings (SSSR count). The van der Waals surface area contributed by atoms with Crippen LogP contribution in [0.5, 0.6) is 0 Å². The molecular formula is C24H24N2O. The summed E-state index contributed by atoms with van der Waals surface area (Å²) in [6, 6.07) is 30.2. The highest BCUT2D eigenvalue weighted by atomic mass is 16.2. The third-order valence-corrected chi connectivity index (χ3v) is 4.36. The molecule has 1 amide bonds. The lowest BCUT2D eigenvalue weighted by Gasteiger charge is -2.34. The Balaban J connectivity index is 2.03. The zero-order chi connectivity index (χ0) is 19.1. The lowest BCUT2D eigenvalue weighted by atomic mass is 10.1. The maximum absolute atomic E-state index is 12.6. The van der Waals surface area contributed by atoms with Crippen LogP contribution in [0.25, 0.3) is 6.08 Å². The topological polar surface area (TPSA) is 23.6 Å². The molecule has 0 radical (unpaired) electrons. The quantitative estimate of drug-likeness (QED) is 0.569. The number of rotatable bonds is 6. The number of allylic oxidation sites excluding steroid dienone is 1. The minimum Gasteiger partial charge on any atom is -0.282 e. The average Bonchev–Trinajstić information content (AvgIpc) is 2.70. The molecule has 0 unspecified atom stereocenters. The number of hydrazine groups is 1. The predicted octanol–water partition coefficient (Wildman–Crippen LogP) is 5.17. The van der Waals surface area contributed by atoms with Gasteiger partial charge in [0.25, 0.3) is 0 Å². The first-order valence-corrected chi connectivity index (χ1v) is 9.04. The smallest absolute Gasteiger partial charge is 0.242 e. The molecule has 3 nitrogen and oxygen atoms in total. The van der Waals surface area contributed by atoms with Crippen LogP contribution in [0.3, 0.4) is 0 Å². The summed E-state index contributed by atoms with van der Waals surface area (Å²) in [6.45, 7) is 1.60. The van der Waals surface area contributed by atoms with Crippen molar-refractivity contribution < 1.29 is 4.79 Å². The standard InChI is InChI=1S/C24H24N2O/c1-20(27)26(25(2)23-16-10-5-11-17-23)24(18-21-12-6-3-7-13-21)19-22-14-8-4-9-15-22/h3-18H,19H2,1-2H3. The lowest BCUT2D eigenvalue weighted by molar-refractivity contribution is -0.127. The Bertz CT molecular complexity index is 889. The van der Waals surface area contributed by atoms with Crippen LogP contribution in [0.15, 0.2) is 96.7 Å². The van der Waals surface area contributed by atoms with E-state index >= 15 is 0 Å². The number of carbonyl (C=O) groups is 1. The number of amides is 1. The third kappa shape index (κ3) is 4.85. The predicted molar refractivity (Wildman–Crippen MR) is 112 cm³/mol. The summed E-state index contributed by atoms with van der Waals surface area (Å²) in [7, 11) is 1.92. The van der Waals surface area contributed by atoms with E-state index in [0.29, 0.717) is 6.42 Å². The van der Waals surface area contributed by atoms with E-state index < -0.39 is 0 Å². The number of benzene rings is 3. The molecule has 0 aliphatic carbocycles. The molecule has 0 aromatic heterocycles. The van der Waals surface area contributed by atoms with E-state index in [1.165, 1.54) is 0 Å². The summed E-state index contributed by atoms with van der Waals surface area (Å²) in [6.07, 6.45) is 2.74. The molecule has 0 atom stereocenters. The Morgan fingerprint density at radius 1 is 0.815 bits per heavy atom. The van der Waals surface area contributed by atoms with Gasteiger partial charge in [-0.15, -0.1) is 0 Å². The minimum atomic E-state index is -0.0283. The molecule has 27 heavy (non-hydrogen) atoms. The van der Waals surface area contributed by atoms with Gasteiger partial charge in [-0.25, -0.2) is 5.01 Å². The van der Waals surface area contributed by atoms with Crippen LogP contribution in [0.4, 0.5) is 5.69 Å². The van der Waals surface area contributed by atoms with Gasteiger partial charge in [-0.1, -0.05) is 78.9 Å². The Kier molecular flexibility index (Phi) is 6.06. The summed E-state index contributed by atoms with van der Waals surface area (Å²) in [4.78, 5) is 12.6. The summed E-state index contributed by atoms with van der Waals surface area (Å²) < 4.78 is 0. The van der Waals surface area contributed by atoms with Crippen LogP contribution in [-0.4, -0.2) is 18.0 Å². The van der Waals surface area contributed by atoms with Crippen molar-refractivity contribution in [2.24, 2.45) is 0 Å². The van der Waals surface area contributed by atoms with Crippen molar-refractivity contribution >= 4 is 17.7 Å².